The molecule has 0 spiro atoms. The second-order valence-electron chi connectivity index (χ2n) is 5.88. The summed E-state index contributed by atoms with van der Waals surface area (Å²) in [7, 11) is 1.43. The second-order valence-corrected chi connectivity index (χ2v) is 6.89. The average molecular weight is 286 g/mol. The maximum atomic E-state index is 11.7. The van der Waals surface area contributed by atoms with E-state index in [-0.39, 0.29) is 12.0 Å². The highest BCUT2D eigenvalue weighted by Gasteiger charge is 2.25. The fourth-order valence-corrected chi connectivity index (χ4v) is 3.15. The third-order valence-electron chi connectivity index (χ3n) is 2.95. The monoisotopic (exact) mass is 286 g/mol. The Morgan fingerprint density at radius 2 is 2.11 bits per heavy atom. The lowest BCUT2D eigenvalue weighted by Crippen LogP contribution is -2.40. The summed E-state index contributed by atoms with van der Waals surface area (Å²) in [5.41, 5.74) is 0. The van der Waals surface area contributed by atoms with Crippen LogP contribution in [0.5, 0.6) is 0 Å². The number of carbonyl (C=O) groups excluding carboxylic acids is 1. The molecule has 0 aromatic carbocycles. The van der Waals surface area contributed by atoms with E-state index in [1.165, 1.54) is 7.11 Å². The topological polar surface area (TPSA) is 50.7 Å². The largest absolute Gasteiger partial charge is 0.467 e. The van der Waals surface area contributed by atoms with Gasteiger partial charge in [0.2, 0.25) is 0 Å². The van der Waals surface area contributed by atoms with E-state index in [2.05, 4.69) is 38.0 Å². The quantitative estimate of drug-likeness (QED) is 0.763. The fourth-order valence-electron chi connectivity index (χ4n) is 2.14. The minimum absolute atomic E-state index is 0.204. The number of rotatable bonds is 6. The second kappa shape index (κ2) is 7.78. The van der Waals surface area contributed by atoms with E-state index in [1.54, 1.807) is 11.8 Å². The molecule has 4 nitrogen and oxygen atoms in total. The van der Waals surface area contributed by atoms with Crippen molar-refractivity contribution in [2.75, 3.05) is 12.9 Å². The molecule has 0 aliphatic carbocycles. The van der Waals surface area contributed by atoms with Gasteiger partial charge in [-0.05, 0) is 24.7 Å². The lowest BCUT2D eigenvalue weighted by atomic mass is 10.0. The summed E-state index contributed by atoms with van der Waals surface area (Å²) in [6.45, 7) is 8.62. The SMILES string of the molecule is COC(=O)C(CC(C)C)NC1=NC(CC(C)C)CS1. The van der Waals surface area contributed by atoms with Crippen molar-refractivity contribution in [1.29, 1.82) is 0 Å². The zero-order valence-corrected chi connectivity index (χ0v) is 13.4. The van der Waals surface area contributed by atoms with E-state index in [4.69, 9.17) is 4.74 Å². The van der Waals surface area contributed by atoms with E-state index in [0.717, 1.165) is 23.8 Å². The maximum absolute atomic E-state index is 11.7. The van der Waals surface area contributed by atoms with Crippen molar-refractivity contribution in [2.24, 2.45) is 16.8 Å². The van der Waals surface area contributed by atoms with Crippen LogP contribution in [-0.2, 0) is 9.53 Å². The Bertz CT molecular complexity index is 329. The first-order valence-corrected chi connectivity index (χ1v) is 7.95. The molecule has 1 N–H and O–H groups in total. The molecule has 2 unspecified atom stereocenters. The van der Waals surface area contributed by atoms with Crippen LogP contribution >= 0.6 is 11.8 Å². The van der Waals surface area contributed by atoms with Crippen molar-refractivity contribution in [2.45, 2.75) is 52.6 Å². The van der Waals surface area contributed by atoms with Crippen molar-refractivity contribution < 1.29 is 9.53 Å². The molecule has 0 aromatic heterocycles. The smallest absolute Gasteiger partial charge is 0.328 e. The number of hydrogen-bond acceptors (Lipinski definition) is 5. The molecule has 0 fully saturated rings. The molecule has 1 aliphatic heterocycles. The summed E-state index contributed by atoms with van der Waals surface area (Å²) in [4.78, 5) is 16.4. The fraction of sp³-hybridized carbons (Fsp3) is 0.857. The van der Waals surface area contributed by atoms with Crippen LogP contribution in [0.1, 0.15) is 40.5 Å². The third kappa shape index (κ3) is 5.85. The summed E-state index contributed by atoms with van der Waals surface area (Å²) in [6.07, 6.45) is 1.87. The standard InChI is InChI=1S/C14H26N2O2S/c1-9(2)6-11-8-19-14(15-11)16-12(7-10(3)4)13(17)18-5/h9-12H,6-8H2,1-5H3,(H,15,16). The molecular formula is C14H26N2O2S. The van der Waals surface area contributed by atoms with Crippen molar-refractivity contribution >= 4 is 22.9 Å². The van der Waals surface area contributed by atoms with E-state index >= 15 is 0 Å². The Hall–Kier alpha value is -0.710. The first-order chi connectivity index (χ1) is 8.92. The number of nitrogens with one attached hydrogen (secondary N) is 1. The first kappa shape index (κ1) is 16.3. The number of thioether (sulfide) groups is 1. The number of methoxy groups -OCH3 is 1. The van der Waals surface area contributed by atoms with Gasteiger partial charge in [0, 0.05) is 5.75 Å². The van der Waals surface area contributed by atoms with Gasteiger partial charge in [-0.2, -0.15) is 0 Å². The van der Waals surface area contributed by atoms with Crippen molar-refractivity contribution in [3.63, 3.8) is 0 Å². The molecule has 0 saturated carbocycles. The van der Waals surface area contributed by atoms with Crippen molar-refractivity contribution in [3.05, 3.63) is 0 Å². The Kier molecular flexibility index (Phi) is 6.69. The zero-order valence-electron chi connectivity index (χ0n) is 12.6. The Morgan fingerprint density at radius 1 is 1.42 bits per heavy atom. The van der Waals surface area contributed by atoms with E-state index in [9.17, 15) is 4.79 Å². The number of hydrogen-bond donors (Lipinski definition) is 1. The van der Waals surface area contributed by atoms with Gasteiger partial charge in [-0.15, -0.1) is 0 Å². The lowest BCUT2D eigenvalue weighted by molar-refractivity contribution is -0.143. The van der Waals surface area contributed by atoms with Gasteiger partial charge in [0.15, 0.2) is 5.17 Å². The van der Waals surface area contributed by atoms with Gasteiger partial charge in [0.25, 0.3) is 0 Å². The number of esters is 1. The van der Waals surface area contributed by atoms with Crippen LogP contribution in [0.3, 0.4) is 0 Å². The van der Waals surface area contributed by atoms with Crippen LogP contribution in [0.2, 0.25) is 0 Å². The van der Waals surface area contributed by atoms with Gasteiger partial charge in [-0.3, -0.25) is 4.99 Å². The van der Waals surface area contributed by atoms with Crippen molar-refractivity contribution in [1.82, 2.24) is 5.32 Å². The van der Waals surface area contributed by atoms with Gasteiger partial charge < -0.3 is 10.1 Å². The van der Waals surface area contributed by atoms with Crippen LogP contribution < -0.4 is 5.32 Å². The molecule has 5 heteroatoms. The van der Waals surface area contributed by atoms with Crippen LogP contribution in [0.25, 0.3) is 0 Å². The normalized spacial score (nSPS) is 20.6. The predicted octanol–water partition coefficient (Wildman–Crippen LogP) is 2.68. The van der Waals surface area contributed by atoms with Gasteiger partial charge in [-0.25, -0.2) is 4.79 Å². The molecule has 0 radical (unpaired) electrons. The molecule has 0 saturated heterocycles. The Morgan fingerprint density at radius 3 is 2.63 bits per heavy atom. The van der Waals surface area contributed by atoms with E-state index in [1.807, 2.05) is 0 Å². The molecule has 1 rings (SSSR count). The molecule has 1 aliphatic rings. The highest BCUT2D eigenvalue weighted by molar-refractivity contribution is 8.14. The number of ether oxygens (including phenoxy) is 1. The summed E-state index contributed by atoms with van der Waals surface area (Å²) in [6, 6.07) is 0.0962. The average Bonchev–Trinajstić information content (AvgIpc) is 2.73. The summed E-state index contributed by atoms with van der Waals surface area (Å²) in [5.74, 6) is 1.90. The summed E-state index contributed by atoms with van der Waals surface area (Å²) in [5, 5.41) is 4.13. The summed E-state index contributed by atoms with van der Waals surface area (Å²) < 4.78 is 4.85. The van der Waals surface area contributed by atoms with Gasteiger partial charge >= 0.3 is 5.97 Å². The van der Waals surface area contributed by atoms with Crippen LogP contribution in [0, 0.1) is 11.8 Å². The minimum atomic E-state index is -0.283. The molecule has 2 atom stereocenters. The number of carbonyl (C=O) groups is 1. The molecule has 19 heavy (non-hydrogen) atoms. The lowest BCUT2D eigenvalue weighted by Gasteiger charge is -2.18. The van der Waals surface area contributed by atoms with Crippen molar-refractivity contribution in [3.8, 4) is 0 Å². The van der Waals surface area contributed by atoms with E-state index in [0.29, 0.717) is 17.9 Å². The molecule has 1 heterocycles. The van der Waals surface area contributed by atoms with Crippen LogP contribution in [-0.4, -0.2) is 36.1 Å². The zero-order chi connectivity index (χ0) is 14.4. The van der Waals surface area contributed by atoms with Gasteiger partial charge in [0.05, 0.1) is 13.2 Å². The first-order valence-electron chi connectivity index (χ1n) is 6.97. The number of nitrogens with zero attached hydrogens (tertiary/aromatic N) is 1. The van der Waals surface area contributed by atoms with Crippen LogP contribution in [0.15, 0.2) is 4.99 Å². The van der Waals surface area contributed by atoms with Crippen LogP contribution in [0.4, 0.5) is 0 Å². The van der Waals surface area contributed by atoms with Gasteiger partial charge in [0.1, 0.15) is 6.04 Å². The van der Waals surface area contributed by atoms with Gasteiger partial charge in [-0.1, -0.05) is 39.5 Å². The molecule has 0 aromatic rings. The third-order valence-corrected chi connectivity index (χ3v) is 3.99. The molecular weight excluding hydrogens is 260 g/mol. The number of aliphatic imine (C=N–C) groups is 1. The van der Waals surface area contributed by atoms with E-state index < -0.39 is 0 Å². The minimum Gasteiger partial charge on any atom is -0.467 e. The number of amidine groups is 1. The molecule has 110 valence electrons. The summed E-state index contributed by atoms with van der Waals surface area (Å²) >= 11 is 1.71. The molecule has 0 amide bonds. The molecule has 0 bridgehead atoms. The Labute approximate surface area is 120 Å². The Balaban J connectivity index is 2.57. The highest BCUT2D eigenvalue weighted by Crippen LogP contribution is 2.22. The predicted molar refractivity (Wildman–Crippen MR) is 81.5 cm³/mol. The highest BCUT2D eigenvalue weighted by atomic mass is 32.2. The maximum Gasteiger partial charge on any atom is 0.328 e.